The van der Waals surface area contributed by atoms with E-state index in [4.69, 9.17) is 15.7 Å². The molecule has 1 aliphatic heterocycles. The van der Waals surface area contributed by atoms with Gasteiger partial charge in [0.15, 0.2) is 11.6 Å². The van der Waals surface area contributed by atoms with Crippen LogP contribution in [-0.4, -0.2) is 29.5 Å². The van der Waals surface area contributed by atoms with Gasteiger partial charge >= 0.3 is 0 Å². The second-order valence-corrected chi connectivity index (χ2v) is 8.98. The van der Waals surface area contributed by atoms with Gasteiger partial charge in [-0.05, 0) is 30.9 Å². The molecule has 0 spiro atoms. The number of nitrogens with two attached hydrogens (primary N) is 1. The highest BCUT2D eigenvalue weighted by Crippen LogP contribution is 2.38. The number of nitrogens with zero attached hydrogens (tertiary/aromatic N) is 3. The number of hydrogen-bond donors (Lipinski definition) is 2. The lowest BCUT2D eigenvalue weighted by molar-refractivity contribution is 0.100. The average Bonchev–Trinajstić information content (AvgIpc) is 3.15. The molecule has 0 aliphatic carbocycles. The fourth-order valence-electron chi connectivity index (χ4n) is 4.30. The van der Waals surface area contributed by atoms with Gasteiger partial charge < -0.3 is 16.0 Å². The van der Waals surface area contributed by atoms with Gasteiger partial charge in [-0.15, -0.1) is 11.3 Å². The van der Waals surface area contributed by atoms with Crippen molar-refractivity contribution in [1.29, 1.82) is 0 Å². The lowest BCUT2D eigenvalue weighted by Gasteiger charge is -2.23. The molecule has 162 valence electrons. The molecule has 32 heavy (non-hydrogen) atoms. The molecule has 0 unspecified atom stereocenters. The Bertz CT molecular complexity index is 1280. The Morgan fingerprint density at radius 3 is 2.75 bits per heavy atom. The Balaban J connectivity index is 1.62. The number of aryl methyl sites for hydroxylation is 1. The topological polar surface area (TPSA) is 84.1 Å². The van der Waals surface area contributed by atoms with E-state index in [1.807, 2.05) is 35.7 Å². The second kappa shape index (κ2) is 8.59. The molecule has 3 heterocycles. The molecule has 0 saturated carbocycles. The first-order chi connectivity index (χ1) is 15.6. The normalized spacial score (nSPS) is 13.6. The predicted molar refractivity (Wildman–Crippen MR) is 131 cm³/mol. The van der Waals surface area contributed by atoms with Crippen molar-refractivity contribution in [2.75, 3.05) is 23.8 Å². The van der Waals surface area contributed by atoms with E-state index >= 15 is 0 Å². The van der Waals surface area contributed by atoms with Crippen LogP contribution in [0.1, 0.15) is 34.5 Å². The fourth-order valence-corrected chi connectivity index (χ4v) is 5.29. The molecule has 3 N–H and O–H groups in total. The zero-order valence-electron chi connectivity index (χ0n) is 18.0. The first-order valence-corrected chi connectivity index (χ1v) is 11.7. The first kappa shape index (κ1) is 20.5. The quantitative estimate of drug-likeness (QED) is 0.461. The van der Waals surface area contributed by atoms with Crippen LogP contribution in [0.4, 0.5) is 11.5 Å². The van der Waals surface area contributed by atoms with Crippen molar-refractivity contribution in [3.63, 3.8) is 0 Å². The van der Waals surface area contributed by atoms with Crippen LogP contribution in [0, 0.1) is 0 Å². The van der Waals surface area contributed by atoms with Crippen molar-refractivity contribution in [1.82, 2.24) is 9.97 Å². The maximum atomic E-state index is 11.9. The second-order valence-electron chi connectivity index (χ2n) is 8.10. The number of primary amides is 1. The minimum atomic E-state index is -0.422. The van der Waals surface area contributed by atoms with E-state index in [0.29, 0.717) is 17.9 Å². The number of nitrogens with one attached hydrogen (secondary N) is 1. The van der Waals surface area contributed by atoms with E-state index < -0.39 is 5.91 Å². The minimum Gasteiger partial charge on any atom is -0.370 e. The average molecular weight is 444 g/mol. The number of aromatic nitrogens is 2. The molecule has 5 rings (SSSR count). The number of hydrogen-bond acceptors (Lipinski definition) is 6. The summed E-state index contributed by atoms with van der Waals surface area (Å²) >= 11 is 1.55. The highest BCUT2D eigenvalue weighted by molar-refractivity contribution is 7.15. The Morgan fingerprint density at radius 2 is 1.94 bits per heavy atom. The maximum absolute atomic E-state index is 11.9. The van der Waals surface area contributed by atoms with Gasteiger partial charge in [-0.25, -0.2) is 9.97 Å². The number of anilines is 2. The molecular formula is C25H25N5OS. The summed E-state index contributed by atoms with van der Waals surface area (Å²) in [6, 6.07) is 16.0. The third-order valence-corrected chi connectivity index (χ3v) is 6.90. The molecular weight excluding hydrogens is 418 g/mol. The smallest absolute Gasteiger partial charge is 0.249 e. The summed E-state index contributed by atoms with van der Waals surface area (Å²) in [5, 5.41) is 7.36. The Morgan fingerprint density at radius 1 is 1.09 bits per heavy atom. The largest absolute Gasteiger partial charge is 0.370 e. The van der Waals surface area contributed by atoms with Crippen LogP contribution < -0.4 is 16.0 Å². The molecule has 2 aromatic carbocycles. The number of benzene rings is 2. The van der Waals surface area contributed by atoms with Crippen molar-refractivity contribution in [2.45, 2.75) is 25.8 Å². The van der Waals surface area contributed by atoms with Crippen molar-refractivity contribution in [2.24, 2.45) is 5.73 Å². The summed E-state index contributed by atoms with van der Waals surface area (Å²) in [5.41, 5.74) is 9.47. The van der Waals surface area contributed by atoms with Crippen LogP contribution in [0.15, 0.2) is 53.9 Å². The van der Waals surface area contributed by atoms with Crippen LogP contribution in [-0.2, 0) is 13.0 Å². The van der Waals surface area contributed by atoms with E-state index in [1.165, 1.54) is 5.56 Å². The fraction of sp³-hybridized carbons (Fsp3) is 0.240. The Hall–Kier alpha value is -3.45. The van der Waals surface area contributed by atoms with Gasteiger partial charge in [0.05, 0.1) is 10.6 Å². The van der Waals surface area contributed by atoms with Gasteiger partial charge in [-0.2, -0.15) is 0 Å². The molecule has 6 nitrogen and oxygen atoms in total. The maximum Gasteiger partial charge on any atom is 0.249 e. The molecule has 7 heteroatoms. The van der Waals surface area contributed by atoms with Crippen LogP contribution >= 0.6 is 11.3 Å². The van der Waals surface area contributed by atoms with Gasteiger partial charge in [0, 0.05) is 41.9 Å². The van der Waals surface area contributed by atoms with Crippen molar-refractivity contribution in [3.8, 4) is 10.7 Å². The Labute approximate surface area is 191 Å². The molecule has 0 radical (unpaired) electrons. The lowest BCUT2D eigenvalue weighted by Crippen LogP contribution is -2.21. The zero-order valence-corrected chi connectivity index (χ0v) is 18.8. The number of amides is 1. The molecule has 0 atom stereocenters. The van der Waals surface area contributed by atoms with Crippen molar-refractivity contribution in [3.05, 3.63) is 70.7 Å². The molecule has 1 amide bonds. The summed E-state index contributed by atoms with van der Waals surface area (Å²) in [6.45, 7) is 1.67. The van der Waals surface area contributed by atoms with Crippen LogP contribution in [0.5, 0.6) is 0 Å². The van der Waals surface area contributed by atoms with E-state index in [1.54, 1.807) is 17.4 Å². The third-order valence-electron chi connectivity index (χ3n) is 5.91. The van der Waals surface area contributed by atoms with Crippen LogP contribution in [0.25, 0.3) is 21.5 Å². The van der Waals surface area contributed by atoms with Gasteiger partial charge in [0.1, 0.15) is 5.69 Å². The molecule has 0 bridgehead atoms. The molecule has 1 aliphatic rings. The zero-order chi connectivity index (χ0) is 22.1. The predicted octanol–water partition coefficient (Wildman–Crippen LogP) is 4.84. The van der Waals surface area contributed by atoms with E-state index in [9.17, 15) is 4.79 Å². The van der Waals surface area contributed by atoms with Crippen molar-refractivity contribution < 1.29 is 4.79 Å². The highest BCUT2D eigenvalue weighted by atomic mass is 32.1. The number of rotatable bonds is 5. The van der Waals surface area contributed by atoms with E-state index in [0.717, 1.165) is 58.7 Å². The van der Waals surface area contributed by atoms with Gasteiger partial charge in [0.2, 0.25) is 5.91 Å². The molecule has 4 aromatic rings. The summed E-state index contributed by atoms with van der Waals surface area (Å²) < 4.78 is 0. The number of carbonyl (C=O) groups excluding carboxylic acids is 1. The summed E-state index contributed by atoms with van der Waals surface area (Å²) in [4.78, 5) is 25.1. The minimum absolute atomic E-state index is 0.422. The number of thiophene rings is 1. The molecule has 0 fully saturated rings. The number of carbonyl (C=O) groups is 1. The van der Waals surface area contributed by atoms with Gasteiger partial charge in [-0.3, -0.25) is 4.79 Å². The SMILES string of the molecule is CN1CCCCc2nc(-c3scc4c(C(N)=O)cccc34)nc(NCc3ccccc3)c21. The lowest BCUT2D eigenvalue weighted by atomic mass is 10.1. The first-order valence-electron chi connectivity index (χ1n) is 10.8. The summed E-state index contributed by atoms with van der Waals surface area (Å²) in [5.74, 6) is 1.12. The summed E-state index contributed by atoms with van der Waals surface area (Å²) in [6.07, 6.45) is 3.15. The Kier molecular flexibility index (Phi) is 5.49. The monoisotopic (exact) mass is 443 g/mol. The highest BCUT2D eigenvalue weighted by Gasteiger charge is 2.23. The third kappa shape index (κ3) is 3.80. The summed E-state index contributed by atoms with van der Waals surface area (Å²) in [7, 11) is 2.11. The van der Waals surface area contributed by atoms with E-state index in [2.05, 4.69) is 29.4 Å². The van der Waals surface area contributed by atoms with E-state index in [-0.39, 0.29) is 0 Å². The standard InChI is InChI=1S/C25H25N5OS/c1-30-13-6-5-12-20-21(30)24(27-14-16-8-3-2-4-9-16)29-25(28-20)22-17-10-7-11-18(23(26)31)19(17)15-32-22/h2-4,7-11,15H,5-6,12-14H2,1H3,(H2,26,31)(H,27,28,29). The molecule has 2 aromatic heterocycles. The number of fused-ring (bicyclic) bond motifs is 2. The van der Waals surface area contributed by atoms with Crippen LogP contribution in [0.2, 0.25) is 0 Å². The van der Waals surface area contributed by atoms with Crippen molar-refractivity contribution >= 4 is 39.5 Å². The van der Waals surface area contributed by atoms with Crippen LogP contribution in [0.3, 0.4) is 0 Å². The van der Waals surface area contributed by atoms with Gasteiger partial charge in [-0.1, -0.05) is 42.5 Å². The van der Waals surface area contributed by atoms with Gasteiger partial charge in [0.25, 0.3) is 0 Å². The molecule has 0 saturated heterocycles.